The summed E-state index contributed by atoms with van der Waals surface area (Å²) in [7, 11) is 0. The highest BCUT2D eigenvalue weighted by Crippen LogP contribution is 2.65. The second-order valence-corrected chi connectivity index (χ2v) is 9.99. The van der Waals surface area contributed by atoms with Crippen LogP contribution in [0.5, 0.6) is 0 Å². The van der Waals surface area contributed by atoms with E-state index in [1.807, 2.05) is 6.07 Å². The topological polar surface area (TPSA) is 29.1 Å². The van der Waals surface area contributed by atoms with Crippen LogP contribution in [-0.4, -0.2) is 5.91 Å². The molecular weight excluding hydrogens is 342 g/mol. The molecule has 0 spiro atoms. The number of hydrogen-bond acceptors (Lipinski definition) is 1. The molecule has 4 bridgehead atoms. The lowest BCUT2D eigenvalue weighted by molar-refractivity contribution is -0.149. The summed E-state index contributed by atoms with van der Waals surface area (Å²) in [6.07, 6.45) is 7.08. The zero-order valence-corrected chi connectivity index (χ0v) is 17.1. The van der Waals surface area contributed by atoms with E-state index in [9.17, 15) is 4.79 Å². The summed E-state index contributed by atoms with van der Waals surface area (Å²) in [6.45, 7) is 4.27. The molecule has 4 fully saturated rings. The van der Waals surface area contributed by atoms with Crippen LogP contribution in [0.3, 0.4) is 0 Å². The highest BCUT2D eigenvalue weighted by molar-refractivity contribution is 5.84. The van der Waals surface area contributed by atoms with Gasteiger partial charge >= 0.3 is 0 Å². The van der Waals surface area contributed by atoms with Crippen LogP contribution in [0, 0.1) is 24.2 Å². The Bertz CT molecular complexity index is 855. The minimum Gasteiger partial charge on any atom is -0.349 e. The first-order chi connectivity index (χ1) is 13.5. The molecule has 0 heterocycles. The molecule has 146 valence electrons. The lowest BCUT2D eigenvalue weighted by atomic mass is 9.42. The Kier molecular flexibility index (Phi) is 4.15. The summed E-state index contributed by atoms with van der Waals surface area (Å²) in [5.74, 6) is 1.72. The average Bonchev–Trinajstić information content (AvgIpc) is 2.68. The van der Waals surface area contributed by atoms with Crippen molar-refractivity contribution in [2.45, 2.75) is 63.8 Å². The maximum atomic E-state index is 13.6. The van der Waals surface area contributed by atoms with Crippen LogP contribution in [0.2, 0.25) is 0 Å². The van der Waals surface area contributed by atoms with Crippen molar-refractivity contribution in [1.82, 2.24) is 5.32 Å². The maximum Gasteiger partial charge on any atom is 0.226 e. The van der Waals surface area contributed by atoms with E-state index in [-0.39, 0.29) is 16.9 Å². The number of amides is 1. The number of carbonyl (C=O) groups is 1. The molecule has 1 amide bonds. The van der Waals surface area contributed by atoms with Gasteiger partial charge in [-0.05, 0) is 80.8 Å². The van der Waals surface area contributed by atoms with Gasteiger partial charge in [-0.2, -0.15) is 0 Å². The molecule has 4 saturated carbocycles. The van der Waals surface area contributed by atoms with Gasteiger partial charge in [0.25, 0.3) is 0 Å². The van der Waals surface area contributed by atoms with Crippen LogP contribution in [0.4, 0.5) is 0 Å². The summed E-state index contributed by atoms with van der Waals surface area (Å²) in [5.41, 5.74) is 4.02. The molecule has 4 aliphatic carbocycles. The first-order valence-corrected chi connectivity index (χ1v) is 10.9. The van der Waals surface area contributed by atoms with Gasteiger partial charge in [0.15, 0.2) is 0 Å². The van der Waals surface area contributed by atoms with E-state index < -0.39 is 0 Å². The second-order valence-electron chi connectivity index (χ2n) is 9.99. The lowest BCUT2D eigenvalue weighted by Gasteiger charge is -2.61. The van der Waals surface area contributed by atoms with E-state index >= 15 is 0 Å². The molecule has 0 saturated heterocycles. The Morgan fingerprint density at radius 3 is 2.25 bits per heavy atom. The Morgan fingerprint density at radius 2 is 1.61 bits per heavy atom. The van der Waals surface area contributed by atoms with Crippen LogP contribution in [-0.2, 0) is 10.2 Å². The highest BCUT2D eigenvalue weighted by atomic mass is 16.2. The molecule has 4 aliphatic rings. The van der Waals surface area contributed by atoms with Crippen LogP contribution in [0.15, 0.2) is 54.6 Å². The van der Waals surface area contributed by atoms with Crippen LogP contribution in [0.25, 0.3) is 0 Å². The predicted octanol–water partition coefficient (Wildman–Crippen LogP) is 5.71. The van der Waals surface area contributed by atoms with E-state index in [1.54, 1.807) is 0 Å². The van der Waals surface area contributed by atoms with E-state index in [1.165, 1.54) is 36.0 Å². The third-order valence-electron chi connectivity index (χ3n) is 7.85. The number of rotatable bonds is 4. The molecular formula is C26H31NO. The van der Waals surface area contributed by atoms with E-state index in [0.29, 0.717) is 17.7 Å². The molecule has 2 aromatic rings. The summed E-state index contributed by atoms with van der Waals surface area (Å²) < 4.78 is 0. The molecule has 2 unspecified atom stereocenters. The number of benzene rings is 2. The van der Waals surface area contributed by atoms with E-state index in [0.717, 1.165) is 19.3 Å². The molecule has 0 radical (unpaired) electrons. The SMILES string of the molecule is Cc1ccc(C23C[C@@H]4C[C@@H](CC(C(=O)N[C@@H](C)c5ccccc5)(C4)C2)C3)cc1. The third kappa shape index (κ3) is 2.89. The molecule has 2 aromatic carbocycles. The number of nitrogens with one attached hydrogen (secondary N) is 1. The van der Waals surface area contributed by atoms with Crippen molar-refractivity contribution in [2.75, 3.05) is 0 Å². The van der Waals surface area contributed by atoms with Crippen molar-refractivity contribution in [3.05, 3.63) is 71.3 Å². The smallest absolute Gasteiger partial charge is 0.226 e. The molecule has 0 aromatic heterocycles. The van der Waals surface area contributed by atoms with Crippen molar-refractivity contribution >= 4 is 5.91 Å². The molecule has 5 atom stereocenters. The highest BCUT2D eigenvalue weighted by Gasteiger charge is 2.60. The Labute approximate surface area is 168 Å². The Balaban J connectivity index is 1.43. The van der Waals surface area contributed by atoms with Gasteiger partial charge in [0, 0.05) is 0 Å². The normalized spacial score (nSPS) is 34.2. The van der Waals surface area contributed by atoms with Crippen molar-refractivity contribution in [1.29, 1.82) is 0 Å². The van der Waals surface area contributed by atoms with Gasteiger partial charge in [-0.15, -0.1) is 0 Å². The first-order valence-electron chi connectivity index (χ1n) is 10.9. The number of carbonyl (C=O) groups excluding carboxylic acids is 1. The molecule has 2 nitrogen and oxygen atoms in total. The van der Waals surface area contributed by atoms with Crippen molar-refractivity contribution in [3.8, 4) is 0 Å². The fourth-order valence-corrected chi connectivity index (χ4v) is 6.95. The van der Waals surface area contributed by atoms with Crippen LogP contribution in [0.1, 0.15) is 68.2 Å². The number of aryl methyl sites for hydroxylation is 1. The van der Waals surface area contributed by atoms with Gasteiger partial charge in [0.2, 0.25) is 5.91 Å². The minimum atomic E-state index is -0.169. The van der Waals surface area contributed by atoms with Gasteiger partial charge in [-0.25, -0.2) is 0 Å². The standard InChI is InChI=1S/C26H31NO/c1-18-8-10-23(11-9-18)25-13-20-12-21(14-25)16-26(15-20,17-25)24(28)27-19(2)22-6-4-3-5-7-22/h3-11,19-21H,12-17H2,1-2H3,(H,27,28)/t19-,20-,21+,25?,26?/m0/s1. The maximum absolute atomic E-state index is 13.6. The zero-order chi connectivity index (χ0) is 19.4. The fourth-order valence-electron chi connectivity index (χ4n) is 6.95. The van der Waals surface area contributed by atoms with E-state index in [4.69, 9.17) is 0 Å². The Morgan fingerprint density at radius 1 is 0.964 bits per heavy atom. The quantitative estimate of drug-likeness (QED) is 0.730. The average molecular weight is 374 g/mol. The molecule has 28 heavy (non-hydrogen) atoms. The second kappa shape index (κ2) is 6.47. The Hall–Kier alpha value is -2.09. The van der Waals surface area contributed by atoms with Crippen molar-refractivity contribution < 1.29 is 4.79 Å². The summed E-state index contributed by atoms with van der Waals surface area (Å²) in [4.78, 5) is 13.6. The summed E-state index contributed by atoms with van der Waals surface area (Å²) >= 11 is 0. The van der Waals surface area contributed by atoms with Gasteiger partial charge in [-0.1, -0.05) is 60.2 Å². The largest absolute Gasteiger partial charge is 0.349 e. The van der Waals surface area contributed by atoms with Crippen molar-refractivity contribution in [3.63, 3.8) is 0 Å². The predicted molar refractivity (Wildman–Crippen MR) is 113 cm³/mol. The first kappa shape index (κ1) is 18.0. The van der Waals surface area contributed by atoms with Gasteiger partial charge < -0.3 is 5.32 Å². The van der Waals surface area contributed by atoms with Gasteiger partial charge in [0.05, 0.1) is 11.5 Å². The summed E-state index contributed by atoms with van der Waals surface area (Å²) in [5, 5.41) is 3.39. The van der Waals surface area contributed by atoms with Gasteiger partial charge in [0.1, 0.15) is 0 Å². The zero-order valence-electron chi connectivity index (χ0n) is 17.1. The van der Waals surface area contributed by atoms with Crippen molar-refractivity contribution in [2.24, 2.45) is 17.3 Å². The van der Waals surface area contributed by atoms with Crippen LogP contribution < -0.4 is 5.32 Å². The molecule has 2 heteroatoms. The summed E-state index contributed by atoms with van der Waals surface area (Å²) in [6, 6.07) is 19.6. The van der Waals surface area contributed by atoms with E-state index in [2.05, 4.69) is 67.7 Å². The number of hydrogen-bond donors (Lipinski definition) is 1. The molecule has 1 N–H and O–H groups in total. The third-order valence-corrected chi connectivity index (χ3v) is 7.85. The minimum absolute atomic E-state index is 0.0667. The molecule has 6 rings (SSSR count). The molecule has 0 aliphatic heterocycles. The lowest BCUT2D eigenvalue weighted by Crippen LogP contribution is -2.59. The van der Waals surface area contributed by atoms with Gasteiger partial charge in [-0.3, -0.25) is 4.79 Å². The fraction of sp³-hybridized carbons (Fsp3) is 0.500. The monoisotopic (exact) mass is 373 g/mol. The van der Waals surface area contributed by atoms with Crippen LogP contribution >= 0.6 is 0 Å².